The number of nitrogens with zero attached hydrogens (tertiary/aromatic N) is 2. The third-order valence-electron chi connectivity index (χ3n) is 5.40. The molecule has 1 N–H and O–H groups in total. The summed E-state index contributed by atoms with van der Waals surface area (Å²) in [5, 5.41) is 3.70. The summed E-state index contributed by atoms with van der Waals surface area (Å²) >= 11 is 0. The summed E-state index contributed by atoms with van der Waals surface area (Å²) in [6.45, 7) is 3.28. The van der Waals surface area contributed by atoms with Gasteiger partial charge >= 0.3 is 0 Å². The highest BCUT2D eigenvalue weighted by molar-refractivity contribution is 6.15. The molecule has 1 aromatic heterocycles. The van der Waals surface area contributed by atoms with Gasteiger partial charge in [0, 0.05) is 47.9 Å². The second-order valence-corrected chi connectivity index (χ2v) is 8.15. The molecule has 1 aliphatic rings. The summed E-state index contributed by atoms with van der Waals surface area (Å²) in [7, 11) is 5.76. The molecule has 0 bridgehead atoms. The highest BCUT2D eigenvalue weighted by Gasteiger charge is 2.28. The van der Waals surface area contributed by atoms with E-state index in [1.165, 1.54) is 6.92 Å². The van der Waals surface area contributed by atoms with Crippen LogP contribution in [0.2, 0.25) is 0 Å². The molecule has 0 aliphatic carbocycles. The van der Waals surface area contributed by atoms with Crippen molar-refractivity contribution in [2.45, 2.75) is 19.9 Å². The molecular formula is C25H27N3O4. The minimum absolute atomic E-state index is 0.175. The molecule has 4 rings (SSSR count). The molecule has 0 radical (unpaired) electrons. The second-order valence-electron chi connectivity index (χ2n) is 8.15. The van der Waals surface area contributed by atoms with Gasteiger partial charge in [0.2, 0.25) is 11.7 Å². The smallest absolute Gasteiger partial charge is 0.231 e. The lowest BCUT2D eigenvalue weighted by Crippen LogP contribution is -2.14. The number of methoxy groups -OCH3 is 1. The van der Waals surface area contributed by atoms with Crippen molar-refractivity contribution in [3.63, 3.8) is 0 Å². The highest BCUT2D eigenvalue weighted by atomic mass is 16.5. The van der Waals surface area contributed by atoms with E-state index in [0.29, 0.717) is 17.0 Å². The SMILES string of the molecule is COc1ccc2c(c1)c(/C=C1\Oc3cc(NC(C)=O)ccc3C1=O)cn2CCCN(C)C. The van der Waals surface area contributed by atoms with Gasteiger partial charge in [-0.2, -0.15) is 0 Å². The Labute approximate surface area is 187 Å². The third kappa shape index (κ3) is 4.38. The normalized spacial score (nSPS) is 14.2. The van der Waals surface area contributed by atoms with Gasteiger partial charge in [-0.3, -0.25) is 9.59 Å². The number of aryl methyl sites for hydroxylation is 1. The number of ketones is 1. The standard InChI is InChI=1S/C25H27N3O4/c1-16(29)26-18-6-8-20-23(13-18)32-24(25(20)30)12-17-15-28(11-5-10-27(2)3)22-9-7-19(31-4)14-21(17)22/h6-9,12-15H,5,10-11H2,1-4H3,(H,26,29)/b24-12-. The monoisotopic (exact) mass is 433 g/mol. The van der Waals surface area contributed by atoms with Crippen molar-refractivity contribution in [1.82, 2.24) is 9.47 Å². The number of anilines is 1. The fraction of sp³-hybridized carbons (Fsp3) is 0.280. The second kappa shape index (κ2) is 8.88. The maximum Gasteiger partial charge on any atom is 0.231 e. The van der Waals surface area contributed by atoms with Gasteiger partial charge in [0.1, 0.15) is 11.5 Å². The van der Waals surface area contributed by atoms with Crippen molar-refractivity contribution in [1.29, 1.82) is 0 Å². The quantitative estimate of drug-likeness (QED) is 0.566. The molecule has 2 aromatic carbocycles. The number of carbonyl (C=O) groups is 2. The van der Waals surface area contributed by atoms with E-state index in [4.69, 9.17) is 9.47 Å². The molecule has 2 heterocycles. The van der Waals surface area contributed by atoms with E-state index in [2.05, 4.69) is 35.1 Å². The number of ether oxygens (including phenoxy) is 2. The Kier molecular flexibility index (Phi) is 6.01. The Bertz CT molecular complexity index is 1220. The highest BCUT2D eigenvalue weighted by Crippen LogP contribution is 2.35. The number of carbonyl (C=O) groups excluding carboxylic acids is 2. The first-order valence-corrected chi connectivity index (χ1v) is 10.5. The van der Waals surface area contributed by atoms with Gasteiger partial charge in [0.15, 0.2) is 5.76 Å². The predicted octanol–water partition coefficient (Wildman–Crippen LogP) is 4.18. The molecule has 0 unspecified atom stereocenters. The molecule has 166 valence electrons. The summed E-state index contributed by atoms with van der Waals surface area (Å²) in [5.41, 5.74) is 3.04. The Balaban J connectivity index is 1.69. The van der Waals surface area contributed by atoms with Crippen LogP contribution in [0, 0.1) is 0 Å². The fourth-order valence-corrected chi connectivity index (χ4v) is 3.90. The van der Waals surface area contributed by atoms with E-state index in [-0.39, 0.29) is 17.4 Å². The molecule has 0 atom stereocenters. The third-order valence-corrected chi connectivity index (χ3v) is 5.40. The molecule has 1 amide bonds. The first kappa shape index (κ1) is 21.6. The van der Waals surface area contributed by atoms with E-state index >= 15 is 0 Å². The van der Waals surface area contributed by atoms with Crippen molar-refractivity contribution >= 4 is 34.4 Å². The number of benzene rings is 2. The zero-order chi connectivity index (χ0) is 22.8. The maximum atomic E-state index is 12.9. The van der Waals surface area contributed by atoms with Crippen LogP contribution in [-0.4, -0.2) is 48.9 Å². The summed E-state index contributed by atoms with van der Waals surface area (Å²) in [4.78, 5) is 26.4. The van der Waals surface area contributed by atoms with Gasteiger partial charge in [0.05, 0.1) is 12.7 Å². The van der Waals surface area contributed by atoms with Crippen LogP contribution >= 0.6 is 0 Å². The van der Waals surface area contributed by atoms with E-state index in [0.717, 1.165) is 41.7 Å². The van der Waals surface area contributed by atoms with Gasteiger partial charge in [-0.25, -0.2) is 0 Å². The summed E-state index contributed by atoms with van der Waals surface area (Å²) < 4.78 is 13.5. The van der Waals surface area contributed by atoms with Gasteiger partial charge in [-0.15, -0.1) is 0 Å². The van der Waals surface area contributed by atoms with Gasteiger partial charge < -0.3 is 24.3 Å². The molecule has 0 spiro atoms. The van der Waals surface area contributed by atoms with Crippen molar-refractivity contribution < 1.29 is 19.1 Å². The Morgan fingerprint density at radius 2 is 2.03 bits per heavy atom. The molecular weight excluding hydrogens is 406 g/mol. The van der Waals surface area contributed by atoms with Crippen LogP contribution in [0.15, 0.2) is 48.4 Å². The van der Waals surface area contributed by atoms with Crippen LogP contribution in [0.4, 0.5) is 5.69 Å². The van der Waals surface area contributed by atoms with Gasteiger partial charge in [-0.05, 0) is 63.5 Å². The minimum atomic E-state index is -0.180. The molecule has 7 nitrogen and oxygen atoms in total. The predicted molar refractivity (Wildman–Crippen MR) is 125 cm³/mol. The van der Waals surface area contributed by atoms with Crippen LogP contribution in [0.5, 0.6) is 11.5 Å². The average Bonchev–Trinajstić information content (AvgIpc) is 3.24. The number of Topliss-reactive ketones (excluding diaryl/α,β-unsaturated/α-hetero) is 1. The molecule has 0 fully saturated rings. The Morgan fingerprint density at radius 1 is 1.22 bits per heavy atom. The fourth-order valence-electron chi connectivity index (χ4n) is 3.90. The summed E-state index contributed by atoms with van der Waals surface area (Å²) in [6, 6.07) is 11.0. The number of hydrogen-bond donors (Lipinski definition) is 1. The number of hydrogen-bond acceptors (Lipinski definition) is 5. The van der Waals surface area contributed by atoms with Crippen LogP contribution < -0.4 is 14.8 Å². The molecule has 1 aliphatic heterocycles. The summed E-state index contributed by atoms with van der Waals surface area (Å²) in [6.07, 6.45) is 4.84. The van der Waals surface area contributed by atoms with Crippen molar-refractivity contribution in [2.75, 3.05) is 33.1 Å². The lowest BCUT2D eigenvalue weighted by atomic mass is 10.1. The van der Waals surface area contributed by atoms with E-state index < -0.39 is 0 Å². The van der Waals surface area contributed by atoms with Crippen LogP contribution in [0.1, 0.15) is 29.3 Å². The number of allylic oxidation sites excluding steroid dienone is 1. The van der Waals surface area contributed by atoms with E-state index in [9.17, 15) is 9.59 Å². The molecule has 0 saturated heterocycles. The van der Waals surface area contributed by atoms with Crippen molar-refractivity contribution in [3.05, 3.63) is 59.5 Å². The zero-order valence-corrected chi connectivity index (χ0v) is 18.8. The lowest BCUT2D eigenvalue weighted by Gasteiger charge is -2.10. The molecule has 32 heavy (non-hydrogen) atoms. The van der Waals surface area contributed by atoms with Crippen molar-refractivity contribution in [2.24, 2.45) is 0 Å². The first-order valence-electron chi connectivity index (χ1n) is 10.5. The largest absolute Gasteiger partial charge is 0.497 e. The molecule has 3 aromatic rings. The number of rotatable bonds is 7. The Hall–Kier alpha value is -3.58. The summed E-state index contributed by atoms with van der Waals surface area (Å²) in [5.74, 6) is 1.10. The van der Waals surface area contributed by atoms with Gasteiger partial charge in [-0.1, -0.05) is 0 Å². The zero-order valence-electron chi connectivity index (χ0n) is 18.8. The van der Waals surface area contributed by atoms with E-state index in [1.54, 1.807) is 31.4 Å². The van der Waals surface area contributed by atoms with E-state index in [1.807, 2.05) is 18.2 Å². The number of aromatic nitrogens is 1. The van der Waals surface area contributed by atoms with Crippen LogP contribution in [-0.2, 0) is 11.3 Å². The Morgan fingerprint density at radius 3 is 2.75 bits per heavy atom. The van der Waals surface area contributed by atoms with Crippen LogP contribution in [0.25, 0.3) is 17.0 Å². The topological polar surface area (TPSA) is 72.8 Å². The van der Waals surface area contributed by atoms with Crippen molar-refractivity contribution in [3.8, 4) is 11.5 Å². The van der Waals surface area contributed by atoms with Gasteiger partial charge in [0.25, 0.3) is 0 Å². The molecule has 0 saturated carbocycles. The number of fused-ring (bicyclic) bond motifs is 2. The first-order chi connectivity index (χ1) is 15.4. The van der Waals surface area contributed by atoms with Crippen LogP contribution in [0.3, 0.4) is 0 Å². The average molecular weight is 434 g/mol. The minimum Gasteiger partial charge on any atom is -0.497 e. The number of nitrogens with one attached hydrogen (secondary N) is 1. The number of amides is 1. The molecule has 7 heteroatoms. The maximum absolute atomic E-state index is 12.9. The lowest BCUT2D eigenvalue weighted by molar-refractivity contribution is -0.114.